The first-order valence-corrected chi connectivity index (χ1v) is 4.34. The van der Waals surface area contributed by atoms with Crippen molar-refractivity contribution in [2.24, 2.45) is 5.84 Å². The van der Waals surface area contributed by atoms with Crippen LogP contribution in [0.1, 0.15) is 23.8 Å². The van der Waals surface area contributed by atoms with Crippen LogP contribution in [0.3, 0.4) is 0 Å². The predicted molar refractivity (Wildman–Crippen MR) is 52.5 cm³/mol. The molecule has 0 bridgehead atoms. The third kappa shape index (κ3) is 2.67. The van der Waals surface area contributed by atoms with Gasteiger partial charge in [-0.15, -0.1) is 0 Å². The third-order valence-corrected chi connectivity index (χ3v) is 1.55. The number of carbonyl (C=O) groups excluding carboxylic acids is 1. The van der Waals surface area contributed by atoms with Gasteiger partial charge in [0.2, 0.25) is 0 Å². The SMILES string of the molecule is CCCNC(=O)c1cncc(NN)n1. The highest BCUT2D eigenvalue weighted by molar-refractivity contribution is 5.92. The minimum absolute atomic E-state index is 0.239. The molecule has 0 saturated heterocycles. The molecule has 0 aromatic carbocycles. The number of nitrogens with two attached hydrogens (primary N) is 1. The summed E-state index contributed by atoms with van der Waals surface area (Å²) in [5, 5.41) is 2.69. The normalized spacial score (nSPS) is 9.57. The fourth-order valence-electron chi connectivity index (χ4n) is 0.874. The zero-order valence-corrected chi connectivity index (χ0v) is 7.95. The first-order valence-electron chi connectivity index (χ1n) is 4.34. The number of nitrogens with one attached hydrogen (secondary N) is 2. The van der Waals surface area contributed by atoms with Gasteiger partial charge in [-0.3, -0.25) is 9.78 Å². The molecule has 0 spiro atoms. The number of hydrazine groups is 1. The second kappa shape index (κ2) is 5.13. The highest BCUT2D eigenvalue weighted by atomic mass is 16.1. The van der Waals surface area contributed by atoms with E-state index in [1.807, 2.05) is 6.92 Å². The second-order valence-electron chi connectivity index (χ2n) is 2.69. The molecule has 0 fully saturated rings. The first-order chi connectivity index (χ1) is 6.77. The largest absolute Gasteiger partial charge is 0.351 e. The van der Waals surface area contributed by atoms with Crippen LogP contribution in [0.25, 0.3) is 0 Å². The van der Waals surface area contributed by atoms with Crippen molar-refractivity contribution in [2.75, 3.05) is 12.0 Å². The zero-order chi connectivity index (χ0) is 10.4. The number of nitrogens with zero attached hydrogens (tertiary/aromatic N) is 2. The molecule has 0 radical (unpaired) electrons. The van der Waals surface area contributed by atoms with Gasteiger partial charge < -0.3 is 10.7 Å². The molecular weight excluding hydrogens is 182 g/mol. The molecule has 0 aliphatic heterocycles. The summed E-state index contributed by atoms with van der Waals surface area (Å²) in [6.45, 7) is 2.60. The van der Waals surface area contributed by atoms with Gasteiger partial charge in [0, 0.05) is 6.54 Å². The van der Waals surface area contributed by atoms with Gasteiger partial charge >= 0.3 is 0 Å². The van der Waals surface area contributed by atoms with Crippen LogP contribution < -0.4 is 16.6 Å². The number of rotatable bonds is 4. The van der Waals surface area contributed by atoms with Crippen LogP contribution >= 0.6 is 0 Å². The molecule has 1 heterocycles. The maximum absolute atomic E-state index is 11.4. The summed E-state index contributed by atoms with van der Waals surface area (Å²) in [6.07, 6.45) is 3.72. The van der Waals surface area contributed by atoms with E-state index in [0.29, 0.717) is 12.4 Å². The average molecular weight is 195 g/mol. The summed E-state index contributed by atoms with van der Waals surface area (Å²) in [4.78, 5) is 19.1. The van der Waals surface area contributed by atoms with E-state index in [4.69, 9.17) is 5.84 Å². The Morgan fingerprint density at radius 3 is 3.00 bits per heavy atom. The number of hydrogen-bond acceptors (Lipinski definition) is 5. The highest BCUT2D eigenvalue weighted by Crippen LogP contribution is 1.99. The van der Waals surface area contributed by atoms with E-state index in [9.17, 15) is 4.79 Å². The fraction of sp³-hybridized carbons (Fsp3) is 0.375. The van der Waals surface area contributed by atoms with E-state index in [1.165, 1.54) is 12.4 Å². The van der Waals surface area contributed by atoms with Crippen molar-refractivity contribution in [3.63, 3.8) is 0 Å². The molecule has 0 aliphatic rings. The average Bonchev–Trinajstić information content (AvgIpc) is 2.26. The van der Waals surface area contributed by atoms with Crippen LogP contribution in [0.2, 0.25) is 0 Å². The summed E-state index contributed by atoms with van der Waals surface area (Å²) in [5.41, 5.74) is 2.58. The predicted octanol–water partition coefficient (Wildman–Crippen LogP) is -0.0980. The summed E-state index contributed by atoms with van der Waals surface area (Å²) in [6, 6.07) is 0. The van der Waals surface area contributed by atoms with Crippen LogP contribution in [-0.2, 0) is 0 Å². The van der Waals surface area contributed by atoms with Gasteiger partial charge in [-0.05, 0) is 6.42 Å². The van der Waals surface area contributed by atoms with Gasteiger partial charge in [0.25, 0.3) is 5.91 Å². The first kappa shape index (κ1) is 10.4. The zero-order valence-electron chi connectivity index (χ0n) is 7.95. The van der Waals surface area contributed by atoms with E-state index in [0.717, 1.165) is 6.42 Å². The van der Waals surface area contributed by atoms with Crippen molar-refractivity contribution in [3.8, 4) is 0 Å². The molecule has 1 amide bonds. The minimum Gasteiger partial charge on any atom is -0.351 e. The molecule has 4 N–H and O–H groups in total. The molecule has 76 valence electrons. The van der Waals surface area contributed by atoms with E-state index in [-0.39, 0.29) is 11.6 Å². The third-order valence-electron chi connectivity index (χ3n) is 1.55. The standard InChI is InChI=1S/C8H13N5O/c1-2-3-11-8(14)6-4-10-5-7(12-6)13-9/h4-5H,2-3,9H2,1H3,(H,11,14)(H,12,13). The van der Waals surface area contributed by atoms with Gasteiger partial charge in [0.15, 0.2) is 5.82 Å². The molecule has 0 unspecified atom stereocenters. The number of hydrogen-bond donors (Lipinski definition) is 3. The van der Waals surface area contributed by atoms with Crippen LogP contribution in [-0.4, -0.2) is 22.4 Å². The Labute approximate surface area is 81.9 Å². The van der Waals surface area contributed by atoms with Gasteiger partial charge in [-0.2, -0.15) is 0 Å². The Kier molecular flexibility index (Phi) is 3.81. The molecule has 0 atom stereocenters. The molecular formula is C8H13N5O. The van der Waals surface area contributed by atoms with Crippen molar-refractivity contribution < 1.29 is 4.79 Å². The molecule has 1 aromatic rings. The summed E-state index contributed by atoms with van der Waals surface area (Å²) >= 11 is 0. The molecule has 0 saturated carbocycles. The summed E-state index contributed by atoms with van der Waals surface area (Å²) in [5.74, 6) is 5.26. The van der Waals surface area contributed by atoms with Gasteiger partial charge in [0.1, 0.15) is 5.69 Å². The van der Waals surface area contributed by atoms with E-state index >= 15 is 0 Å². The maximum atomic E-state index is 11.4. The van der Waals surface area contributed by atoms with Gasteiger partial charge in [0.05, 0.1) is 12.4 Å². The Hall–Kier alpha value is -1.69. The lowest BCUT2D eigenvalue weighted by Gasteiger charge is -2.03. The van der Waals surface area contributed by atoms with E-state index < -0.39 is 0 Å². The quantitative estimate of drug-likeness (QED) is 0.461. The fourth-order valence-corrected chi connectivity index (χ4v) is 0.874. The Bertz CT molecular complexity index is 314. The lowest BCUT2D eigenvalue weighted by Crippen LogP contribution is -2.25. The van der Waals surface area contributed by atoms with E-state index in [1.54, 1.807) is 0 Å². The number of aromatic nitrogens is 2. The van der Waals surface area contributed by atoms with Crippen molar-refractivity contribution in [3.05, 3.63) is 18.1 Å². The summed E-state index contributed by atoms with van der Waals surface area (Å²) < 4.78 is 0. The van der Waals surface area contributed by atoms with Crippen molar-refractivity contribution in [1.82, 2.24) is 15.3 Å². The maximum Gasteiger partial charge on any atom is 0.271 e. The number of carbonyl (C=O) groups is 1. The Morgan fingerprint density at radius 1 is 1.57 bits per heavy atom. The Balaban J connectivity index is 2.69. The molecule has 1 rings (SSSR count). The minimum atomic E-state index is -0.239. The molecule has 0 aliphatic carbocycles. The summed E-state index contributed by atoms with van der Waals surface area (Å²) in [7, 11) is 0. The smallest absolute Gasteiger partial charge is 0.271 e. The Morgan fingerprint density at radius 2 is 2.36 bits per heavy atom. The van der Waals surface area contributed by atoms with Crippen LogP contribution in [0, 0.1) is 0 Å². The lowest BCUT2D eigenvalue weighted by atomic mass is 10.4. The molecule has 1 aromatic heterocycles. The van der Waals surface area contributed by atoms with Crippen molar-refractivity contribution >= 4 is 11.7 Å². The van der Waals surface area contributed by atoms with Gasteiger partial charge in [-0.1, -0.05) is 6.92 Å². The van der Waals surface area contributed by atoms with Crippen molar-refractivity contribution in [2.45, 2.75) is 13.3 Å². The highest BCUT2D eigenvalue weighted by Gasteiger charge is 2.06. The lowest BCUT2D eigenvalue weighted by molar-refractivity contribution is 0.0948. The van der Waals surface area contributed by atoms with Crippen LogP contribution in [0.5, 0.6) is 0 Å². The van der Waals surface area contributed by atoms with Crippen LogP contribution in [0.15, 0.2) is 12.4 Å². The van der Waals surface area contributed by atoms with Gasteiger partial charge in [-0.25, -0.2) is 10.8 Å². The van der Waals surface area contributed by atoms with Crippen molar-refractivity contribution in [1.29, 1.82) is 0 Å². The molecule has 14 heavy (non-hydrogen) atoms. The monoisotopic (exact) mass is 195 g/mol. The second-order valence-corrected chi connectivity index (χ2v) is 2.69. The van der Waals surface area contributed by atoms with E-state index in [2.05, 4.69) is 20.7 Å². The topological polar surface area (TPSA) is 92.9 Å². The van der Waals surface area contributed by atoms with Crippen LogP contribution in [0.4, 0.5) is 5.82 Å². The number of nitrogen functional groups attached to an aromatic ring is 1. The number of amides is 1. The molecule has 6 heteroatoms. The number of anilines is 1. The molecule has 6 nitrogen and oxygen atoms in total.